The summed E-state index contributed by atoms with van der Waals surface area (Å²) in [5.74, 6) is -0.0411. The second-order valence-corrected chi connectivity index (χ2v) is 7.76. The fraction of sp³-hybridized carbons (Fsp3) is 0.480. The van der Waals surface area contributed by atoms with Crippen molar-refractivity contribution in [2.24, 2.45) is 0 Å². The molecule has 152 valence electrons. The Bertz CT molecular complexity index is 769. The number of aryl methyl sites for hydroxylation is 4. The molecule has 0 heterocycles. The number of nitrogen functional groups attached to an aromatic ring is 2. The third-order valence-electron chi connectivity index (χ3n) is 5.24. The van der Waals surface area contributed by atoms with E-state index in [2.05, 4.69) is 39.8 Å². The van der Waals surface area contributed by atoms with Gasteiger partial charge in [-0.25, -0.2) is 0 Å². The topological polar surface area (TPSA) is 69.1 Å². The lowest BCUT2D eigenvalue weighted by Gasteiger charge is -2.18. The molecule has 0 aliphatic rings. The monoisotopic (exact) mass is 380 g/mol. The van der Waals surface area contributed by atoms with Crippen molar-refractivity contribution in [2.75, 3.05) is 11.5 Å². The number of anilines is 2. The van der Waals surface area contributed by atoms with E-state index in [-0.39, 0.29) is 5.78 Å². The Kier molecular flexibility index (Phi) is 8.10. The van der Waals surface area contributed by atoms with E-state index < -0.39 is 0 Å². The summed E-state index contributed by atoms with van der Waals surface area (Å²) < 4.78 is 0. The molecule has 2 rings (SSSR count). The Hall–Kier alpha value is -2.29. The Morgan fingerprint density at radius 3 is 1.50 bits per heavy atom. The van der Waals surface area contributed by atoms with Crippen molar-refractivity contribution in [3.8, 4) is 0 Å². The molecule has 0 spiro atoms. The third-order valence-corrected chi connectivity index (χ3v) is 5.24. The van der Waals surface area contributed by atoms with Crippen LogP contribution in [0.4, 0.5) is 11.4 Å². The molecule has 0 aliphatic heterocycles. The van der Waals surface area contributed by atoms with E-state index in [1.807, 2.05) is 12.1 Å². The first kappa shape index (κ1) is 22.0. The zero-order valence-electron chi connectivity index (χ0n) is 18.0. The highest BCUT2D eigenvalue weighted by molar-refractivity contribution is 6.16. The minimum Gasteiger partial charge on any atom is -0.398 e. The fourth-order valence-corrected chi connectivity index (χ4v) is 3.93. The highest BCUT2D eigenvalue weighted by Crippen LogP contribution is 2.32. The lowest BCUT2D eigenvalue weighted by molar-refractivity contribution is 0.104. The summed E-state index contributed by atoms with van der Waals surface area (Å²) in [6.07, 6.45) is 7.75. The van der Waals surface area contributed by atoms with Gasteiger partial charge >= 0.3 is 0 Å². The Labute approximate surface area is 170 Å². The summed E-state index contributed by atoms with van der Waals surface area (Å²) in [5, 5.41) is 0. The van der Waals surface area contributed by atoms with Gasteiger partial charge < -0.3 is 11.5 Å². The molecular weight excluding hydrogens is 344 g/mol. The van der Waals surface area contributed by atoms with E-state index in [9.17, 15) is 4.79 Å². The second kappa shape index (κ2) is 10.3. The quantitative estimate of drug-likeness (QED) is 0.399. The summed E-state index contributed by atoms with van der Waals surface area (Å²) in [6.45, 7) is 8.58. The molecule has 0 aliphatic carbocycles. The van der Waals surface area contributed by atoms with Gasteiger partial charge in [-0.2, -0.15) is 0 Å². The summed E-state index contributed by atoms with van der Waals surface area (Å²) >= 11 is 0. The van der Waals surface area contributed by atoms with Crippen LogP contribution in [0.2, 0.25) is 0 Å². The van der Waals surface area contributed by atoms with E-state index >= 15 is 0 Å². The molecule has 2 aromatic carbocycles. The van der Waals surface area contributed by atoms with Crippen LogP contribution in [0.15, 0.2) is 24.3 Å². The molecule has 0 bridgehead atoms. The first-order valence-corrected chi connectivity index (χ1v) is 10.8. The number of rotatable bonds is 10. The lowest BCUT2D eigenvalue weighted by Crippen LogP contribution is -2.14. The average Bonchev–Trinajstić information content (AvgIpc) is 2.66. The van der Waals surface area contributed by atoms with E-state index in [4.69, 9.17) is 11.5 Å². The van der Waals surface area contributed by atoms with Crippen molar-refractivity contribution in [3.63, 3.8) is 0 Å². The number of benzene rings is 2. The Balaban J connectivity index is 2.61. The minimum atomic E-state index is -0.0411. The zero-order valence-corrected chi connectivity index (χ0v) is 18.0. The van der Waals surface area contributed by atoms with Crippen molar-refractivity contribution in [1.29, 1.82) is 0 Å². The molecule has 0 atom stereocenters. The predicted octanol–water partition coefficient (Wildman–Crippen LogP) is 5.89. The molecule has 3 heteroatoms. The summed E-state index contributed by atoms with van der Waals surface area (Å²) in [7, 11) is 0. The first-order chi connectivity index (χ1) is 13.5. The van der Waals surface area contributed by atoms with Crippen LogP contribution in [0.3, 0.4) is 0 Å². The molecular formula is C25H36N2O. The van der Waals surface area contributed by atoms with E-state index in [0.717, 1.165) is 62.5 Å². The molecule has 0 aromatic heterocycles. The number of carbonyl (C=O) groups is 1. The second-order valence-electron chi connectivity index (χ2n) is 7.76. The maximum absolute atomic E-state index is 13.6. The van der Waals surface area contributed by atoms with Crippen molar-refractivity contribution in [1.82, 2.24) is 0 Å². The van der Waals surface area contributed by atoms with Gasteiger partial charge in [0.15, 0.2) is 5.78 Å². The molecule has 3 nitrogen and oxygen atoms in total. The SMILES string of the molecule is CCCc1cc(CCC)cc(C(=O)c2c(N)c(CCC)cc(CCC)c2N)c1. The van der Waals surface area contributed by atoms with Crippen molar-refractivity contribution < 1.29 is 4.79 Å². The minimum absolute atomic E-state index is 0.0411. The number of nitrogens with two attached hydrogens (primary N) is 2. The third kappa shape index (κ3) is 4.95. The predicted molar refractivity (Wildman–Crippen MR) is 121 cm³/mol. The van der Waals surface area contributed by atoms with Crippen molar-refractivity contribution >= 4 is 17.2 Å². The van der Waals surface area contributed by atoms with Gasteiger partial charge in [0.2, 0.25) is 0 Å². The van der Waals surface area contributed by atoms with E-state index in [0.29, 0.717) is 22.5 Å². The van der Waals surface area contributed by atoms with Crippen LogP contribution in [0, 0.1) is 0 Å². The van der Waals surface area contributed by atoms with Crippen LogP contribution >= 0.6 is 0 Å². The maximum Gasteiger partial charge on any atom is 0.197 e. The smallest absolute Gasteiger partial charge is 0.197 e. The lowest BCUT2D eigenvalue weighted by atomic mass is 9.89. The molecule has 28 heavy (non-hydrogen) atoms. The zero-order chi connectivity index (χ0) is 20.7. The molecule has 0 saturated heterocycles. The molecule has 0 saturated carbocycles. The summed E-state index contributed by atoms with van der Waals surface area (Å²) in [6, 6.07) is 8.38. The van der Waals surface area contributed by atoms with Gasteiger partial charge in [0.05, 0.1) is 5.56 Å². The summed E-state index contributed by atoms with van der Waals surface area (Å²) in [5.41, 5.74) is 19.8. The van der Waals surface area contributed by atoms with E-state index in [1.165, 1.54) is 11.1 Å². The molecule has 4 N–H and O–H groups in total. The van der Waals surface area contributed by atoms with Gasteiger partial charge in [-0.15, -0.1) is 0 Å². The maximum atomic E-state index is 13.6. The van der Waals surface area contributed by atoms with Crippen LogP contribution in [0.25, 0.3) is 0 Å². The summed E-state index contributed by atoms with van der Waals surface area (Å²) in [4.78, 5) is 13.6. The van der Waals surface area contributed by atoms with Gasteiger partial charge in [-0.3, -0.25) is 4.79 Å². The van der Waals surface area contributed by atoms with Crippen LogP contribution in [0.1, 0.15) is 91.6 Å². The highest BCUT2D eigenvalue weighted by atomic mass is 16.1. The standard InChI is InChI=1S/C25H36N2O/c1-5-9-17-13-18(10-6-2)15-21(14-17)25(28)22-23(26)19(11-7-3)16-20(12-8-4)24(22)27/h13-16H,5-12,26-27H2,1-4H3. The number of carbonyl (C=O) groups excluding carboxylic acids is 1. The van der Waals surface area contributed by atoms with Crippen molar-refractivity contribution in [2.45, 2.75) is 79.1 Å². The van der Waals surface area contributed by atoms with Crippen LogP contribution in [-0.2, 0) is 25.7 Å². The molecule has 0 radical (unpaired) electrons. The van der Waals surface area contributed by atoms with Crippen LogP contribution < -0.4 is 11.5 Å². The largest absolute Gasteiger partial charge is 0.398 e. The fourth-order valence-electron chi connectivity index (χ4n) is 3.93. The average molecular weight is 381 g/mol. The molecule has 0 unspecified atom stereocenters. The van der Waals surface area contributed by atoms with Crippen LogP contribution in [0.5, 0.6) is 0 Å². The van der Waals surface area contributed by atoms with E-state index in [1.54, 1.807) is 0 Å². The highest BCUT2D eigenvalue weighted by Gasteiger charge is 2.21. The van der Waals surface area contributed by atoms with Gasteiger partial charge in [-0.05, 0) is 60.1 Å². The normalized spacial score (nSPS) is 11.0. The molecule has 0 fully saturated rings. The number of hydrogen-bond acceptors (Lipinski definition) is 3. The Morgan fingerprint density at radius 2 is 1.11 bits per heavy atom. The van der Waals surface area contributed by atoms with Gasteiger partial charge in [0, 0.05) is 16.9 Å². The molecule has 0 amide bonds. The van der Waals surface area contributed by atoms with Crippen LogP contribution in [-0.4, -0.2) is 5.78 Å². The van der Waals surface area contributed by atoms with Gasteiger partial charge in [0.1, 0.15) is 0 Å². The number of ketones is 1. The first-order valence-electron chi connectivity index (χ1n) is 10.8. The number of hydrogen-bond donors (Lipinski definition) is 2. The van der Waals surface area contributed by atoms with Crippen molar-refractivity contribution in [3.05, 3.63) is 57.6 Å². The van der Waals surface area contributed by atoms with Gasteiger partial charge in [0.25, 0.3) is 0 Å². The van der Waals surface area contributed by atoms with Gasteiger partial charge in [-0.1, -0.05) is 65.5 Å². The Morgan fingerprint density at radius 1 is 0.679 bits per heavy atom. The molecule has 2 aromatic rings.